The van der Waals surface area contributed by atoms with Crippen LogP contribution in [0.1, 0.15) is 49.3 Å². The number of unbranched alkanes of at least 4 members (excludes halogenated alkanes) is 2. The van der Waals surface area contributed by atoms with E-state index in [9.17, 15) is 4.79 Å². The van der Waals surface area contributed by atoms with Crippen molar-refractivity contribution < 1.29 is 14.3 Å². The number of carbonyl (C=O) groups is 1. The predicted octanol–water partition coefficient (Wildman–Crippen LogP) is 4.90. The van der Waals surface area contributed by atoms with Crippen LogP contribution in [0.3, 0.4) is 0 Å². The molecule has 0 heterocycles. The third kappa shape index (κ3) is 7.44. The minimum Gasteiger partial charge on any atom is -0.494 e. The van der Waals surface area contributed by atoms with Gasteiger partial charge >= 0.3 is 5.97 Å². The van der Waals surface area contributed by atoms with E-state index in [1.165, 1.54) is 5.56 Å². The van der Waals surface area contributed by atoms with Crippen molar-refractivity contribution in [2.24, 2.45) is 0 Å². The van der Waals surface area contributed by atoms with Crippen molar-refractivity contribution in [2.75, 3.05) is 13.2 Å². The molecule has 0 aromatic heterocycles. The van der Waals surface area contributed by atoms with Gasteiger partial charge in [-0.25, -0.2) is 0 Å². The predicted molar refractivity (Wildman–Crippen MR) is 104 cm³/mol. The molecular weight excluding hydrogens is 324 g/mol. The summed E-state index contributed by atoms with van der Waals surface area (Å²) in [7, 11) is 0. The molecule has 2 aromatic rings. The van der Waals surface area contributed by atoms with Crippen molar-refractivity contribution in [3.05, 3.63) is 65.2 Å². The number of esters is 1. The number of carbonyl (C=O) groups excluding carboxylic acids is 1. The van der Waals surface area contributed by atoms with Gasteiger partial charge in [0.1, 0.15) is 5.75 Å². The fourth-order valence-electron chi connectivity index (χ4n) is 2.39. The molecule has 136 valence electrons. The van der Waals surface area contributed by atoms with Crippen LogP contribution >= 0.6 is 0 Å². The zero-order chi connectivity index (χ0) is 18.6. The average molecular weight is 350 g/mol. The maximum absolute atomic E-state index is 11.2. The number of ether oxygens (including phenoxy) is 2. The molecule has 0 radical (unpaired) electrons. The van der Waals surface area contributed by atoms with E-state index in [-0.39, 0.29) is 5.97 Å². The summed E-state index contributed by atoms with van der Waals surface area (Å²) in [4.78, 5) is 11.2. The second-order valence-corrected chi connectivity index (χ2v) is 6.10. The maximum Gasteiger partial charge on any atom is 0.305 e. The van der Waals surface area contributed by atoms with Crippen molar-refractivity contribution >= 4 is 5.97 Å². The molecule has 0 spiro atoms. The van der Waals surface area contributed by atoms with Crippen molar-refractivity contribution in [1.29, 1.82) is 0 Å². The second kappa shape index (κ2) is 11.0. The van der Waals surface area contributed by atoms with Gasteiger partial charge in [-0.05, 0) is 69.5 Å². The summed E-state index contributed by atoms with van der Waals surface area (Å²) in [6, 6.07) is 16.0. The highest BCUT2D eigenvalue weighted by atomic mass is 16.5. The van der Waals surface area contributed by atoms with Gasteiger partial charge in [-0.1, -0.05) is 29.5 Å². The number of benzene rings is 2. The molecule has 2 aromatic carbocycles. The molecule has 3 nitrogen and oxygen atoms in total. The molecule has 0 saturated heterocycles. The molecular formula is C23H26O3. The molecule has 0 saturated carbocycles. The Morgan fingerprint density at radius 2 is 1.50 bits per heavy atom. The van der Waals surface area contributed by atoms with Gasteiger partial charge in [0, 0.05) is 17.5 Å². The van der Waals surface area contributed by atoms with E-state index in [1.807, 2.05) is 43.3 Å². The summed E-state index contributed by atoms with van der Waals surface area (Å²) in [6.45, 7) is 4.99. The van der Waals surface area contributed by atoms with Crippen LogP contribution in [0.5, 0.6) is 5.75 Å². The van der Waals surface area contributed by atoms with Crippen LogP contribution in [0.2, 0.25) is 0 Å². The van der Waals surface area contributed by atoms with Gasteiger partial charge in [0.05, 0.1) is 13.2 Å². The van der Waals surface area contributed by atoms with E-state index in [0.717, 1.165) is 36.1 Å². The van der Waals surface area contributed by atoms with E-state index < -0.39 is 0 Å². The van der Waals surface area contributed by atoms with Crippen LogP contribution in [-0.4, -0.2) is 19.2 Å². The fraction of sp³-hybridized carbons (Fsp3) is 0.348. The van der Waals surface area contributed by atoms with Crippen molar-refractivity contribution in [2.45, 2.75) is 39.5 Å². The van der Waals surface area contributed by atoms with Gasteiger partial charge in [0.15, 0.2) is 0 Å². The van der Waals surface area contributed by atoms with Crippen molar-refractivity contribution in [1.82, 2.24) is 0 Å². The average Bonchev–Trinajstić information content (AvgIpc) is 2.65. The third-order valence-electron chi connectivity index (χ3n) is 3.86. The summed E-state index contributed by atoms with van der Waals surface area (Å²) in [5.41, 5.74) is 3.21. The van der Waals surface area contributed by atoms with Crippen molar-refractivity contribution in [3.8, 4) is 17.6 Å². The van der Waals surface area contributed by atoms with Crippen LogP contribution in [0.4, 0.5) is 0 Å². The fourth-order valence-corrected chi connectivity index (χ4v) is 2.39. The smallest absolute Gasteiger partial charge is 0.305 e. The number of hydrogen-bond donors (Lipinski definition) is 0. The zero-order valence-electron chi connectivity index (χ0n) is 15.6. The summed E-state index contributed by atoms with van der Waals surface area (Å²) in [5, 5.41) is 0. The first kappa shape index (κ1) is 19.6. The lowest BCUT2D eigenvalue weighted by molar-refractivity contribution is -0.143. The Kier molecular flexibility index (Phi) is 8.29. The van der Waals surface area contributed by atoms with Gasteiger partial charge in [0.2, 0.25) is 0 Å². The second-order valence-electron chi connectivity index (χ2n) is 6.10. The molecule has 0 amide bonds. The summed E-state index contributed by atoms with van der Waals surface area (Å²) in [5.74, 6) is 7.06. The molecule has 26 heavy (non-hydrogen) atoms. The lowest BCUT2D eigenvalue weighted by Crippen LogP contribution is -2.04. The topological polar surface area (TPSA) is 35.5 Å². The van der Waals surface area contributed by atoms with E-state index in [1.54, 1.807) is 0 Å². The summed E-state index contributed by atoms with van der Waals surface area (Å²) < 4.78 is 10.6. The molecule has 3 heteroatoms. The van der Waals surface area contributed by atoms with Crippen molar-refractivity contribution in [3.63, 3.8) is 0 Å². The van der Waals surface area contributed by atoms with Gasteiger partial charge in [-0.2, -0.15) is 0 Å². The van der Waals surface area contributed by atoms with Crippen LogP contribution in [0.25, 0.3) is 0 Å². The molecule has 0 aliphatic carbocycles. The van der Waals surface area contributed by atoms with Gasteiger partial charge in [0.25, 0.3) is 0 Å². The SMILES string of the molecule is CCOC(=O)CCCCCOc1ccc(C#Cc2ccc(C)cc2)cc1. The minimum atomic E-state index is -0.115. The van der Waals surface area contributed by atoms with Crippen LogP contribution in [0, 0.1) is 18.8 Å². The first-order valence-electron chi connectivity index (χ1n) is 9.14. The monoisotopic (exact) mass is 350 g/mol. The first-order chi connectivity index (χ1) is 12.7. The highest BCUT2D eigenvalue weighted by Gasteiger charge is 2.01. The molecule has 0 bridgehead atoms. The van der Waals surface area contributed by atoms with Gasteiger partial charge < -0.3 is 9.47 Å². The molecule has 0 unspecified atom stereocenters. The lowest BCUT2D eigenvalue weighted by atomic mass is 10.1. The third-order valence-corrected chi connectivity index (χ3v) is 3.86. The number of rotatable bonds is 8. The largest absolute Gasteiger partial charge is 0.494 e. The van der Waals surface area contributed by atoms with Gasteiger partial charge in [-0.15, -0.1) is 0 Å². The first-order valence-corrected chi connectivity index (χ1v) is 9.14. The summed E-state index contributed by atoms with van der Waals surface area (Å²) in [6.07, 6.45) is 3.21. The van der Waals surface area contributed by atoms with Crippen LogP contribution in [-0.2, 0) is 9.53 Å². The maximum atomic E-state index is 11.2. The quantitative estimate of drug-likeness (QED) is 0.386. The Morgan fingerprint density at radius 1 is 0.885 bits per heavy atom. The highest BCUT2D eigenvalue weighted by Crippen LogP contribution is 2.13. The number of aryl methyl sites for hydroxylation is 1. The molecule has 0 aliphatic rings. The Bertz CT molecular complexity index is 734. The zero-order valence-corrected chi connectivity index (χ0v) is 15.6. The van der Waals surface area contributed by atoms with E-state index >= 15 is 0 Å². The minimum absolute atomic E-state index is 0.115. The number of hydrogen-bond acceptors (Lipinski definition) is 3. The van der Waals surface area contributed by atoms with E-state index in [4.69, 9.17) is 9.47 Å². The Hall–Kier alpha value is -2.73. The lowest BCUT2D eigenvalue weighted by Gasteiger charge is -2.06. The van der Waals surface area contributed by atoms with Gasteiger partial charge in [-0.3, -0.25) is 4.79 Å². The molecule has 0 fully saturated rings. The standard InChI is InChI=1S/C23H26O3/c1-3-25-23(24)7-5-4-6-18-26-22-16-14-21(15-17-22)13-12-20-10-8-19(2)9-11-20/h8-11,14-17H,3-7,18H2,1-2H3. The molecule has 2 rings (SSSR count). The van der Waals surface area contributed by atoms with E-state index in [0.29, 0.717) is 19.6 Å². The Balaban J connectivity index is 1.69. The molecule has 0 aliphatic heterocycles. The Morgan fingerprint density at radius 3 is 2.12 bits per heavy atom. The Labute approximate surface area is 156 Å². The molecule has 0 atom stereocenters. The normalized spacial score (nSPS) is 9.92. The molecule has 0 N–H and O–H groups in total. The summed E-state index contributed by atoms with van der Waals surface area (Å²) >= 11 is 0. The van der Waals surface area contributed by atoms with E-state index in [2.05, 4.69) is 30.9 Å². The highest BCUT2D eigenvalue weighted by molar-refractivity contribution is 5.69. The van der Waals surface area contributed by atoms with Crippen LogP contribution < -0.4 is 4.74 Å². The van der Waals surface area contributed by atoms with Crippen LogP contribution in [0.15, 0.2) is 48.5 Å².